The van der Waals surface area contributed by atoms with Crippen LogP contribution in [0.15, 0.2) is 34.1 Å². The minimum atomic E-state index is -1.46. The molecule has 1 aliphatic carbocycles. The molecule has 0 radical (unpaired) electrons. The second-order valence-electron chi connectivity index (χ2n) is 6.60. The number of esters is 1. The Balaban J connectivity index is 2.85. The number of allylic oxidation sites excluding steroid dienone is 1. The van der Waals surface area contributed by atoms with Crippen molar-refractivity contribution >= 4 is 41.1 Å². The number of Topliss-reactive ketones (excluding diaryl/α,β-unsaturated/α-hetero) is 2. The molecule has 1 unspecified atom stereocenters. The number of hydrogen-bond donors (Lipinski definition) is 0. The molecule has 0 amide bonds. The quantitative estimate of drug-likeness (QED) is 0.312. The van der Waals surface area contributed by atoms with Crippen LogP contribution in [0.3, 0.4) is 0 Å². The molecule has 140 valence electrons. The predicted molar refractivity (Wildman–Crippen MR) is 108 cm³/mol. The Kier molecular flexibility index (Phi) is 6.74. The first-order chi connectivity index (χ1) is 12.3. The fraction of sp³-hybridized carbons (Fsp3) is 0.450. The van der Waals surface area contributed by atoms with Crippen molar-refractivity contribution in [3.8, 4) is 0 Å². The summed E-state index contributed by atoms with van der Waals surface area (Å²) in [6.07, 6.45) is 4.65. The number of carbonyl (C=O) groups excluding carboxylic acids is 3. The molecule has 1 aromatic carbocycles. The van der Waals surface area contributed by atoms with Crippen LogP contribution < -0.4 is 0 Å². The van der Waals surface area contributed by atoms with E-state index in [-0.39, 0.29) is 11.4 Å². The van der Waals surface area contributed by atoms with Crippen LogP contribution in [-0.2, 0) is 19.7 Å². The largest absolute Gasteiger partial charge is 0.468 e. The minimum Gasteiger partial charge on any atom is -0.468 e. The van der Waals surface area contributed by atoms with Gasteiger partial charge in [-0.15, -0.1) is 23.5 Å². The predicted octanol–water partition coefficient (Wildman–Crippen LogP) is 4.24. The molecule has 0 aliphatic heterocycles. The number of methoxy groups -OCH3 is 1. The molecule has 0 spiro atoms. The maximum Gasteiger partial charge on any atom is 0.324 e. The highest BCUT2D eigenvalue weighted by atomic mass is 32.2. The van der Waals surface area contributed by atoms with E-state index in [1.165, 1.54) is 30.6 Å². The van der Waals surface area contributed by atoms with E-state index in [1.807, 2.05) is 26.4 Å². The maximum absolute atomic E-state index is 13.6. The molecule has 0 bridgehead atoms. The Hall–Kier alpha value is -1.53. The molecule has 0 heterocycles. The van der Waals surface area contributed by atoms with Gasteiger partial charge in [0.1, 0.15) is 0 Å². The summed E-state index contributed by atoms with van der Waals surface area (Å²) < 4.78 is 5.71. The molecule has 0 N–H and O–H groups in total. The van der Waals surface area contributed by atoms with Gasteiger partial charge in [-0.05, 0) is 36.8 Å². The summed E-state index contributed by atoms with van der Waals surface area (Å²) in [5.74, 6) is -1.04. The van der Waals surface area contributed by atoms with Gasteiger partial charge in [0, 0.05) is 5.56 Å². The lowest BCUT2D eigenvalue weighted by molar-refractivity contribution is -0.151. The lowest BCUT2D eigenvalue weighted by atomic mass is 9.64. The molecule has 6 heteroatoms. The van der Waals surface area contributed by atoms with Crippen LogP contribution in [0.1, 0.15) is 42.6 Å². The number of fused-ring (bicyclic) bond motifs is 1. The lowest BCUT2D eigenvalue weighted by Crippen LogP contribution is -2.50. The molecular weight excluding hydrogens is 368 g/mol. The minimum absolute atomic E-state index is 0.109. The van der Waals surface area contributed by atoms with Crippen molar-refractivity contribution in [2.24, 2.45) is 5.92 Å². The van der Waals surface area contributed by atoms with Gasteiger partial charge in [0.15, 0.2) is 17.0 Å². The summed E-state index contributed by atoms with van der Waals surface area (Å²) in [5.41, 5.74) is -0.474. The summed E-state index contributed by atoms with van der Waals surface area (Å²) in [4.78, 5) is 39.6. The van der Waals surface area contributed by atoms with E-state index >= 15 is 0 Å². The van der Waals surface area contributed by atoms with Gasteiger partial charge in [-0.3, -0.25) is 14.4 Å². The zero-order valence-corrected chi connectivity index (χ0v) is 17.4. The van der Waals surface area contributed by atoms with E-state index in [1.54, 1.807) is 24.3 Å². The smallest absolute Gasteiger partial charge is 0.324 e. The SMILES string of the molecule is COC(=O)C1(CCC(C)C)C(=O)C(=C(SC)SC)C(=O)c2ccccc21. The zero-order valence-electron chi connectivity index (χ0n) is 15.8. The van der Waals surface area contributed by atoms with Gasteiger partial charge in [-0.25, -0.2) is 0 Å². The molecule has 4 nitrogen and oxygen atoms in total. The summed E-state index contributed by atoms with van der Waals surface area (Å²) >= 11 is 2.70. The van der Waals surface area contributed by atoms with Crippen LogP contribution in [0, 0.1) is 5.92 Å². The number of rotatable bonds is 6. The average Bonchev–Trinajstić information content (AvgIpc) is 2.64. The van der Waals surface area contributed by atoms with Crippen molar-refractivity contribution in [1.29, 1.82) is 0 Å². The van der Waals surface area contributed by atoms with Crippen LogP contribution in [0.2, 0.25) is 0 Å². The van der Waals surface area contributed by atoms with Crippen LogP contribution in [-0.4, -0.2) is 37.2 Å². The maximum atomic E-state index is 13.6. The van der Waals surface area contributed by atoms with Gasteiger partial charge in [0.25, 0.3) is 0 Å². The molecule has 0 saturated carbocycles. The fourth-order valence-electron chi connectivity index (χ4n) is 3.33. The molecule has 1 aromatic rings. The highest BCUT2D eigenvalue weighted by molar-refractivity contribution is 8.21. The van der Waals surface area contributed by atoms with E-state index in [2.05, 4.69) is 0 Å². The Labute approximate surface area is 163 Å². The van der Waals surface area contributed by atoms with E-state index in [0.717, 1.165) is 0 Å². The van der Waals surface area contributed by atoms with Crippen molar-refractivity contribution in [2.75, 3.05) is 19.6 Å². The normalized spacial score (nSPS) is 19.5. The van der Waals surface area contributed by atoms with Crippen LogP contribution in [0.4, 0.5) is 0 Å². The summed E-state index contributed by atoms with van der Waals surface area (Å²) in [6.45, 7) is 4.09. The number of thioether (sulfide) groups is 2. The Bertz CT molecular complexity index is 761. The Morgan fingerprint density at radius 3 is 2.31 bits per heavy atom. The Morgan fingerprint density at radius 1 is 1.15 bits per heavy atom. The molecular formula is C20H24O4S2. The average molecular weight is 393 g/mol. The first-order valence-electron chi connectivity index (χ1n) is 8.44. The van der Waals surface area contributed by atoms with E-state index in [9.17, 15) is 14.4 Å². The van der Waals surface area contributed by atoms with E-state index in [4.69, 9.17) is 4.74 Å². The lowest BCUT2D eigenvalue weighted by Gasteiger charge is -2.36. The first-order valence-corrected chi connectivity index (χ1v) is 10.9. The monoisotopic (exact) mass is 392 g/mol. The van der Waals surface area contributed by atoms with Gasteiger partial charge in [-0.1, -0.05) is 38.1 Å². The number of ketones is 2. The van der Waals surface area contributed by atoms with Gasteiger partial charge in [-0.2, -0.15) is 0 Å². The zero-order chi connectivity index (χ0) is 19.5. The summed E-state index contributed by atoms with van der Waals surface area (Å²) in [7, 11) is 1.29. The van der Waals surface area contributed by atoms with E-state index < -0.39 is 17.2 Å². The second-order valence-corrected chi connectivity index (χ2v) is 8.50. The summed E-state index contributed by atoms with van der Waals surface area (Å²) in [6, 6.07) is 6.91. The van der Waals surface area contributed by atoms with Crippen LogP contribution >= 0.6 is 23.5 Å². The third-order valence-corrected chi connectivity index (χ3v) is 6.83. The fourth-order valence-corrected chi connectivity index (χ4v) is 4.78. The number of carbonyl (C=O) groups is 3. The topological polar surface area (TPSA) is 60.4 Å². The number of benzene rings is 1. The standard InChI is InChI=1S/C20H24O4S2/c1-12(2)10-11-20(19(23)24-3)14-9-7-6-8-13(14)16(21)15(17(20)22)18(25-4)26-5/h6-9,12H,10-11H2,1-5H3. The van der Waals surface area contributed by atoms with Crippen molar-refractivity contribution in [2.45, 2.75) is 32.1 Å². The molecule has 0 fully saturated rings. The highest BCUT2D eigenvalue weighted by Gasteiger charge is 2.55. The van der Waals surface area contributed by atoms with Gasteiger partial charge < -0.3 is 4.74 Å². The molecule has 1 aliphatic rings. The highest BCUT2D eigenvalue weighted by Crippen LogP contribution is 2.45. The molecule has 1 atom stereocenters. The summed E-state index contributed by atoms with van der Waals surface area (Å²) in [5, 5.41) is 0. The van der Waals surface area contributed by atoms with Crippen LogP contribution in [0.5, 0.6) is 0 Å². The van der Waals surface area contributed by atoms with Gasteiger partial charge in [0.05, 0.1) is 16.9 Å². The van der Waals surface area contributed by atoms with Crippen molar-refractivity contribution in [3.05, 3.63) is 45.2 Å². The van der Waals surface area contributed by atoms with Crippen molar-refractivity contribution in [3.63, 3.8) is 0 Å². The first kappa shape index (κ1) is 20.8. The third kappa shape index (κ3) is 3.37. The molecule has 2 rings (SSSR count). The van der Waals surface area contributed by atoms with Gasteiger partial charge >= 0.3 is 5.97 Å². The van der Waals surface area contributed by atoms with E-state index in [0.29, 0.717) is 34.1 Å². The van der Waals surface area contributed by atoms with Crippen molar-refractivity contribution in [1.82, 2.24) is 0 Å². The van der Waals surface area contributed by atoms with Gasteiger partial charge in [0.2, 0.25) is 0 Å². The molecule has 26 heavy (non-hydrogen) atoms. The number of hydrogen-bond acceptors (Lipinski definition) is 6. The Morgan fingerprint density at radius 2 is 1.77 bits per heavy atom. The molecule has 0 saturated heterocycles. The van der Waals surface area contributed by atoms with Crippen LogP contribution in [0.25, 0.3) is 0 Å². The second kappa shape index (κ2) is 8.44. The van der Waals surface area contributed by atoms with Crippen molar-refractivity contribution < 1.29 is 19.1 Å². The third-order valence-electron chi connectivity index (χ3n) is 4.68. The number of ether oxygens (including phenoxy) is 1. The molecule has 0 aromatic heterocycles.